The molecule has 9 heteroatoms. The fourth-order valence-electron chi connectivity index (χ4n) is 2.08. The molecule has 0 amide bonds. The predicted molar refractivity (Wildman–Crippen MR) is 65.9 cm³/mol. The summed E-state index contributed by atoms with van der Waals surface area (Å²) in [4.78, 5) is 24.6. The number of nitrogens with zero attached hydrogens (tertiary/aromatic N) is 1. The third kappa shape index (κ3) is 2.61. The average molecular weight is 302 g/mol. The molecule has 0 aromatic carbocycles. The number of aliphatic hydroxyl groups is 2. The van der Waals surface area contributed by atoms with Crippen molar-refractivity contribution in [3.05, 3.63) is 33.1 Å². The Kier molecular flexibility index (Phi) is 4.22. The zero-order valence-electron chi connectivity index (χ0n) is 10.6. The molecule has 21 heavy (non-hydrogen) atoms. The molecule has 2 heterocycles. The van der Waals surface area contributed by atoms with Gasteiger partial charge < -0.3 is 14.9 Å². The topological polar surface area (TPSA) is 105 Å². The second-order valence-electron chi connectivity index (χ2n) is 4.38. The maximum atomic E-state index is 14.9. The first-order valence-corrected chi connectivity index (χ1v) is 5.94. The monoisotopic (exact) mass is 302 g/mol. The first-order chi connectivity index (χ1) is 9.93. The lowest BCUT2D eigenvalue weighted by molar-refractivity contribution is -0.0543. The SMILES string of the molecule is O=c1ccn(C2OC(CO)C(O)C2(F)C#CCF)c(=O)[nH]1. The second-order valence-corrected chi connectivity index (χ2v) is 4.38. The van der Waals surface area contributed by atoms with Gasteiger partial charge in [0.2, 0.25) is 5.67 Å². The smallest absolute Gasteiger partial charge is 0.330 e. The fourth-order valence-corrected chi connectivity index (χ4v) is 2.08. The molecule has 2 rings (SSSR count). The van der Waals surface area contributed by atoms with Gasteiger partial charge in [-0.15, -0.1) is 0 Å². The van der Waals surface area contributed by atoms with E-state index in [1.807, 2.05) is 16.8 Å². The van der Waals surface area contributed by atoms with Gasteiger partial charge >= 0.3 is 5.69 Å². The molecule has 114 valence electrons. The number of alkyl halides is 2. The van der Waals surface area contributed by atoms with Crippen molar-refractivity contribution in [3.63, 3.8) is 0 Å². The van der Waals surface area contributed by atoms with Crippen molar-refractivity contribution in [1.82, 2.24) is 9.55 Å². The average Bonchev–Trinajstić information content (AvgIpc) is 2.70. The summed E-state index contributed by atoms with van der Waals surface area (Å²) in [6.45, 7) is -1.88. The van der Waals surface area contributed by atoms with Gasteiger partial charge in [0.1, 0.15) is 18.9 Å². The minimum atomic E-state index is -2.80. The van der Waals surface area contributed by atoms with Gasteiger partial charge in [-0.2, -0.15) is 0 Å². The number of H-pyrrole nitrogens is 1. The van der Waals surface area contributed by atoms with Crippen LogP contribution in [0.3, 0.4) is 0 Å². The van der Waals surface area contributed by atoms with E-state index in [1.54, 1.807) is 0 Å². The van der Waals surface area contributed by atoms with Crippen molar-refractivity contribution < 1.29 is 23.7 Å². The molecule has 0 radical (unpaired) electrons. The predicted octanol–water partition coefficient (Wildman–Crippen LogP) is -1.53. The number of hydrogen-bond donors (Lipinski definition) is 3. The molecule has 4 unspecified atom stereocenters. The Bertz CT molecular complexity index is 691. The summed E-state index contributed by atoms with van der Waals surface area (Å²) in [5.74, 6) is 3.72. The van der Waals surface area contributed by atoms with Gasteiger partial charge in [0, 0.05) is 12.3 Å². The molecular formula is C12H12F2N2O5. The summed E-state index contributed by atoms with van der Waals surface area (Å²) in [5, 5.41) is 18.9. The first-order valence-electron chi connectivity index (χ1n) is 5.94. The maximum Gasteiger partial charge on any atom is 0.330 e. The molecule has 3 N–H and O–H groups in total. The second kappa shape index (κ2) is 5.77. The Hall–Kier alpha value is -2.02. The highest BCUT2D eigenvalue weighted by Crippen LogP contribution is 2.40. The highest BCUT2D eigenvalue weighted by molar-refractivity contribution is 5.23. The highest BCUT2D eigenvalue weighted by Gasteiger charge is 2.57. The number of nitrogens with one attached hydrogen (secondary N) is 1. The number of aromatic nitrogens is 2. The van der Waals surface area contributed by atoms with Gasteiger partial charge in [-0.25, -0.2) is 13.6 Å². The summed E-state index contributed by atoms with van der Waals surface area (Å²) in [6, 6.07) is 0.951. The Morgan fingerprint density at radius 2 is 2.24 bits per heavy atom. The van der Waals surface area contributed by atoms with Gasteiger partial charge in [-0.3, -0.25) is 14.3 Å². The number of aliphatic hydroxyl groups excluding tert-OH is 2. The van der Waals surface area contributed by atoms with Crippen LogP contribution in [-0.4, -0.2) is 50.9 Å². The van der Waals surface area contributed by atoms with Crippen LogP contribution in [0, 0.1) is 11.8 Å². The normalized spacial score (nSPS) is 31.7. The molecule has 1 aromatic heterocycles. The van der Waals surface area contributed by atoms with E-state index in [2.05, 4.69) is 0 Å². The molecular weight excluding hydrogens is 290 g/mol. The van der Waals surface area contributed by atoms with Crippen LogP contribution in [0.2, 0.25) is 0 Å². The lowest BCUT2D eigenvalue weighted by atomic mass is 9.96. The zero-order chi connectivity index (χ0) is 15.6. The zero-order valence-corrected chi connectivity index (χ0v) is 10.6. The van der Waals surface area contributed by atoms with E-state index >= 15 is 0 Å². The number of rotatable bonds is 2. The Morgan fingerprint density at radius 3 is 2.81 bits per heavy atom. The molecule has 0 bridgehead atoms. The van der Waals surface area contributed by atoms with Crippen molar-refractivity contribution in [3.8, 4) is 11.8 Å². The van der Waals surface area contributed by atoms with E-state index in [-0.39, 0.29) is 0 Å². The summed E-state index contributed by atoms with van der Waals surface area (Å²) in [7, 11) is 0. The number of halogens is 2. The van der Waals surface area contributed by atoms with Crippen LogP contribution in [0.5, 0.6) is 0 Å². The van der Waals surface area contributed by atoms with Crippen molar-refractivity contribution in [1.29, 1.82) is 0 Å². The third-order valence-corrected chi connectivity index (χ3v) is 3.08. The van der Waals surface area contributed by atoms with Crippen LogP contribution in [0.4, 0.5) is 8.78 Å². The molecule has 0 saturated carbocycles. The van der Waals surface area contributed by atoms with E-state index in [1.165, 1.54) is 0 Å². The Labute approximate surface area is 116 Å². The fraction of sp³-hybridized carbons (Fsp3) is 0.500. The highest BCUT2D eigenvalue weighted by atomic mass is 19.1. The van der Waals surface area contributed by atoms with Crippen LogP contribution in [0.25, 0.3) is 0 Å². The minimum absolute atomic E-state index is 0.674. The van der Waals surface area contributed by atoms with Crippen LogP contribution >= 0.6 is 0 Å². The maximum absolute atomic E-state index is 14.9. The minimum Gasteiger partial charge on any atom is -0.394 e. The molecule has 4 atom stereocenters. The summed E-state index contributed by atoms with van der Waals surface area (Å²) in [6.07, 6.45) is -3.99. The summed E-state index contributed by atoms with van der Waals surface area (Å²) < 4.78 is 32.8. The van der Waals surface area contributed by atoms with E-state index in [0.29, 0.717) is 4.57 Å². The van der Waals surface area contributed by atoms with Crippen molar-refractivity contribution in [2.45, 2.75) is 24.1 Å². The van der Waals surface area contributed by atoms with Crippen LogP contribution in [-0.2, 0) is 4.74 Å². The summed E-state index contributed by atoms with van der Waals surface area (Å²) in [5.41, 5.74) is -4.49. The molecule has 1 saturated heterocycles. The lowest BCUT2D eigenvalue weighted by Gasteiger charge is -2.23. The van der Waals surface area contributed by atoms with Crippen molar-refractivity contribution >= 4 is 0 Å². The van der Waals surface area contributed by atoms with Gasteiger partial charge in [0.05, 0.1) is 6.61 Å². The van der Waals surface area contributed by atoms with Crippen LogP contribution < -0.4 is 11.2 Å². The molecule has 1 aliphatic rings. The molecule has 1 aliphatic heterocycles. The van der Waals surface area contributed by atoms with E-state index in [9.17, 15) is 23.5 Å². The number of ether oxygens (including phenoxy) is 1. The van der Waals surface area contributed by atoms with Gasteiger partial charge in [-0.05, 0) is 0 Å². The van der Waals surface area contributed by atoms with Crippen molar-refractivity contribution in [2.24, 2.45) is 0 Å². The number of aromatic amines is 1. The van der Waals surface area contributed by atoms with Crippen molar-refractivity contribution in [2.75, 3.05) is 13.3 Å². The molecule has 0 spiro atoms. The lowest BCUT2D eigenvalue weighted by Crippen LogP contribution is -2.45. The third-order valence-electron chi connectivity index (χ3n) is 3.08. The molecule has 7 nitrogen and oxygen atoms in total. The largest absolute Gasteiger partial charge is 0.394 e. The molecule has 1 fully saturated rings. The quantitative estimate of drug-likeness (QED) is 0.575. The van der Waals surface area contributed by atoms with Gasteiger partial charge in [0.15, 0.2) is 6.23 Å². The van der Waals surface area contributed by atoms with Crippen LogP contribution in [0.1, 0.15) is 6.23 Å². The Balaban J connectivity index is 2.53. The van der Waals surface area contributed by atoms with E-state index in [0.717, 1.165) is 12.3 Å². The number of hydrogen-bond acceptors (Lipinski definition) is 5. The molecule has 0 aliphatic carbocycles. The van der Waals surface area contributed by atoms with Gasteiger partial charge in [0.25, 0.3) is 5.56 Å². The molecule has 1 aromatic rings. The van der Waals surface area contributed by atoms with E-state index < -0.39 is 48.6 Å². The Morgan fingerprint density at radius 1 is 1.52 bits per heavy atom. The van der Waals surface area contributed by atoms with E-state index in [4.69, 9.17) is 9.84 Å². The standard InChI is InChI=1S/C12H12F2N2O5/c13-4-1-3-12(14)9(19)7(6-17)21-10(12)16-5-2-8(18)15-11(16)20/h2,5,7,9-10,17,19H,4,6H2,(H,15,18,20). The van der Waals surface area contributed by atoms with Gasteiger partial charge in [-0.1, -0.05) is 11.8 Å². The van der Waals surface area contributed by atoms with Crippen LogP contribution in [0.15, 0.2) is 21.9 Å². The first kappa shape index (κ1) is 15.4. The summed E-state index contributed by atoms with van der Waals surface area (Å²) >= 11 is 0.